The maximum absolute atomic E-state index is 4.95. The average molecular weight is 578 g/mol. The first-order valence-electron chi connectivity index (χ1n) is 15.4. The van der Waals surface area contributed by atoms with Gasteiger partial charge in [-0.2, -0.15) is 0 Å². The van der Waals surface area contributed by atoms with Gasteiger partial charge in [-0.15, -0.1) is 0 Å². The molecule has 1 aliphatic rings. The fourth-order valence-corrected chi connectivity index (χ4v) is 6.64. The molecule has 6 aromatic carbocycles. The SMILES string of the molecule is CC1(C)c2ccccc2-c2c(-c3cccc(-c4cccc(-c5nc(-c6ccccc6)nc(-c6ccccc6)n5)c4)c3)cccc21. The van der Waals surface area contributed by atoms with Gasteiger partial charge in [-0.3, -0.25) is 0 Å². The van der Waals surface area contributed by atoms with Crippen molar-refractivity contribution in [1.82, 2.24) is 15.0 Å². The van der Waals surface area contributed by atoms with Crippen LogP contribution in [0.15, 0.2) is 152 Å². The van der Waals surface area contributed by atoms with Gasteiger partial charge in [0.05, 0.1) is 0 Å². The molecule has 8 rings (SSSR count). The molecule has 1 heterocycles. The van der Waals surface area contributed by atoms with Gasteiger partial charge in [-0.25, -0.2) is 15.0 Å². The number of nitrogens with zero attached hydrogens (tertiary/aromatic N) is 3. The molecule has 0 saturated carbocycles. The van der Waals surface area contributed by atoms with E-state index in [1.807, 2.05) is 60.7 Å². The molecule has 0 atom stereocenters. The molecule has 0 saturated heterocycles. The van der Waals surface area contributed by atoms with Crippen LogP contribution < -0.4 is 0 Å². The predicted octanol–water partition coefficient (Wildman–Crippen LogP) is 10.5. The highest BCUT2D eigenvalue weighted by Gasteiger charge is 2.36. The van der Waals surface area contributed by atoms with Gasteiger partial charge >= 0.3 is 0 Å². The molecule has 0 fully saturated rings. The summed E-state index contributed by atoms with van der Waals surface area (Å²) in [4.78, 5) is 14.8. The number of aromatic nitrogens is 3. The second-order valence-electron chi connectivity index (χ2n) is 12.1. The van der Waals surface area contributed by atoms with E-state index in [2.05, 4.69) is 105 Å². The van der Waals surface area contributed by atoms with E-state index in [1.54, 1.807) is 0 Å². The van der Waals surface area contributed by atoms with E-state index in [1.165, 1.54) is 33.4 Å². The van der Waals surface area contributed by atoms with Crippen molar-refractivity contribution in [1.29, 1.82) is 0 Å². The van der Waals surface area contributed by atoms with Crippen molar-refractivity contribution in [2.45, 2.75) is 19.3 Å². The van der Waals surface area contributed by atoms with Crippen molar-refractivity contribution in [2.24, 2.45) is 0 Å². The smallest absolute Gasteiger partial charge is 0.164 e. The Bertz CT molecular complexity index is 2130. The van der Waals surface area contributed by atoms with Gasteiger partial charge in [0.15, 0.2) is 17.5 Å². The molecule has 1 aromatic heterocycles. The summed E-state index contributed by atoms with van der Waals surface area (Å²) in [5.74, 6) is 1.97. The molecule has 0 aliphatic heterocycles. The van der Waals surface area contributed by atoms with Crippen LogP contribution >= 0.6 is 0 Å². The molecule has 3 nitrogen and oxygen atoms in total. The van der Waals surface area contributed by atoms with Gasteiger partial charge in [-0.05, 0) is 56.6 Å². The van der Waals surface area contributed by atoms with Gasteiger partial charge in [0, 0.05) is 22.1 Å². The summed E-state index contributed by atoms with van der Waals surface area (Å²) in [6, 6.07) is 53.2. The van der Waals surface area contributed by atoms with Gasteiger partial charge in [0.25, 0.3) is 0 Å². The third-order valence-electron chi connectivity index (χ3n) is 8.93. The molecule has 0 radical (unpaired) electrons. The lowest BCUT2D eigenvalue weighted by Gasteiger charge is -2.21. The quantitative estimate of drug-likeness (QED) is 0.204. The van der Waals surface area contributed by atoms with Crippen molar-refractivity contribution >= 4 is 0 Å². The van der Waals surface area contributed by atoms with Crippen LogP contribution in [0.3, 0.4) is 0 Å². The molecule has 0 spiro atoms. The number of fused-ring (bicyclic) bond motifs is 3. The standard InChI is InChI=1S/C42H31N3/c1-42(2)36-24-10-9-22-35(36)38-34(23-13-25-37(38)42)32-20-11-18-30(26-32)31-19-12-21-33(27-31)41-44-39(28-14-5-3-6-15-28)43-40(45-41)29-16-7-4-8-17-29/h3-27H,1-2H3. The summed E-state index contributed by atoms with van der Waals surface area (Å²) in [7, 11) is 0. The minimum absolute atomic E-state index is 0.0321. The number of rotatable bonds is 5. The van der Waals surface area contributed by atoms with Crippen LogP contribution in [-0.4, -0.2) is 15.0 Å². The minimum Gasteiger partial charge on any atom is -0.208 e. The average Bonchev–Trinajstić information content (AvgIpc) is 3.35. The summed E-state index contributed by atoms with van der Waals surface area (Å²) >= 11 is 0. The Balaban J connectivity index is 1.22. The molecule has 0 amide bonds. The van der Waals surface area contributed by atoms with E-state index in [9.17, 15) is 0 Å². The Hall–Kier alpha value is -5.67. The first-order valence-corrected chi connectivity index (χ1v) is 15.4. The number of benzene rings is 6. The Morgan fingerprint density at radius 2 is 0.778 bits per heavy atom. The van der Waals surface area contributed by atoms with E-state index in [0.717, 1.165) is 27.8 Å². The molecular formula is C42H31N3. The van der Waals surface area contributed by atoms with Crippen LogP contribution in [-0.2, 0) is 5.41 Å². The summed E-state index contributed by atoms with van der Waals surface area (Å²) in [6.45, 7) is 4.66. The van der Waals surface area contributed by atoms with E-state index in [-0.39, 0.29) is 5.41 Å². The van der Waals surface area contributed by atoms with Gasteiger partial charge in [0.2, 0.25) is 0 Å². The van der Waals surface area contributed by atoms with Crippen molar-refractivity contribution in [3.8, 4) is 67.5 Å². The highest BCUT2D eigenvalue weighted by atomic mass is 15.0. The van der Waals surface area contributed by atoms with Crippen LogP contribution in [0.4, 0.5) is 0 Å². The summed E-state index contributed by atoms with van der Waals surface area (Å²) in [5, 5.41) is 0. The molecule has 0 N–H and O–H groups in total. The first-order chi connectivity index (χ1) is 22.1. The third kappa shape index (κ3) is 4.74. The van der Waals surface area contributed by atoms with Crippen molar-refractivity contribution in [3.63, 3.8) is 0 Å². The molecular weight excluding hydrogens is 546 g/mol. The second-order valence-corrected chi connectivity index (χ2v) is 12.1. The highest BCUT2D eigenvalue weighted by molar-refractivity contribution is 5.93. The Labute approximate surface area is 264 Å². The van der Waals surface area contributed by atoms with Crippen LogP contribution in [0.1, 0.15) is 25.0 Å². The summed E-state index contributed by atoms with van der Waals surface area (Å²) in [5.41, 5.74) is 13.0. The number of hydrogen-bond acceptors (Lipinski definition) is 3. The second kappa shape index (κ2) is 10.8. The molecule has 3 heteroatoms. The molecule has 0 unspecified atom stereocenters. The topological polar surface area (TPSA) is 38.7 Å². The predicted molar refractivity (Wildman–Crippen MR) is 185 cm³/mol. The van der Waals surface area contributed by atoms with E-state index in [0.29, 0.717) is 17.5 Å². The van der Waals surface area contributed by atoms with E-state index >= 15 is 0 Å². The largest absolute Gasteiger partial charge is 0.208 e. The Morgan fingerprint density at radius 3 is 1.42 bits per heavy atom. The first kappa shape index (κ1) is 26.9. The van der Waals surface area contributed by atoms with Crippen LogP contribution in [0, 0.1) is 0 Å². The normalized spacial score (nSPS) is 12.8. The van der Waals surface area contributed by atoms with Gasteiger partial charge < -0.3 is 0 Å². The fourth-order valence-electron chi connectivity index (χ4n) is 6.64. The molecule has 0 bridgehead atoms. The minimum atomic E-state index is -0.0321. The lowest BCUT2D eigenvalue weighted by atomic mass is 9.82. The van der Waals surface area contributed by atoms with Crippen molar-refractivity contribution in [2.75, 3.05) is 0 Å². The lowest BCUT2D eigenvalue weighted by Crippen LogP contribution is -2.14. The van der Waals surface area contributed by atoms with E-state index < -0.39 is 0 Å². The summed E-state index contributed by atoms with van der Waals surface area (Å²) < 4.78 is 0. The van der Waals surface area contributed by atoms with Gasteiger partial charge in [-0.1, -0.05) is 153 Å². The molecule has 1 aliphatic carbocycles. The molecule has 214 valence electrons. The fraction of sp³-hybridized carbons (Fsp3) is 0.0714. The zero-order chi connectivity index (χ0) is 30.4. The Morgan fingerprint density at radius 1 is 0.356 bits per heavy atom. The van der Waals surface area contributed by atoms with Gasteiger partial charge in [0.1, 0.15) is 0 Å². The van der Waals surface area contributed by atoms with Crippen molar-refractivity contribution in [3.05, 3.63) is 163 Å². The highest BCUT2D eigenvalue weighted by Crippen LogP contribution is 2.52. The van der Waals surface area contributed by atoms with Crippen molar-refractivity contribution < 1.29 is 0 Å². The molecule has 45 heavy (non-hydrogen) atoms. The zero-order valence-corrected chi connectivity index (χ0v) is 25.3. The monoisotopic (exact) mass is 577 g/mol. The Kier molecular flexibility index (Phi) is 6.46. The van der Waals surface area contributed by atoms with Crippen LogP contribution in [0.5, 0.6) is 0 Å². The van der Waals surface area contributed by atoms with E-state index in [4.69, 9.17) is 15.0 Å². The maximum atomic E-state index is 4.95. The van der Waals surface area contributed by atoms with Crippen LogP contribution in [0.2, 0.25) is 0 Å². The summed E-state index contributed by atoms with van der Waals surface area (Å²) in [6.07, 6.45) is 0. The lowest BCUT2D eigenvalue weighted by molar-refractivity contribution is 0.660. The third-order valence-corrected chi connectivity index (χ3v) is 8.93. The van der Waals surface area contributed by atoms with Crippen LogP contribution in [0.25, 0.3) is 67.5 Å². The number of hydrogen-bond donors (Lipinski definition) is 0. The maximum Gasteiger partial charge on any atom is 0.164 e. The molecule has 7 aromatic rings. The zero-order valence-electron chi connectivity index (χ0n) is 25.3.